The van der Waals surface area contributed by atoms with E-state index >= 15 is 0 Å². The molecule has 0 bridgehead atoms. The third-order valence-corrected chi connectivity index (χ3v) is 3.35. The van der Waals surface area contributed by atoms with Gasteiger partial charge < -0.3 is 20.8 Å². The number of phenols is 2. The molecular weight excluding hydrogens is 268 g/mol. The average Bonchev–Trinajstić information content (AvgIpc) is 2.47. The summed E-state index contributed by atoms with van der Waals surface area (Å²) in [7, 11) is 1.88. The summed E-state index contributed by atoms with van der Waals surface area (Å²) in [6.45, 7) is 2.04. The van der Waals surface area contributed by atoms with Crippen LogP contribution in [0.1, 0.15) is 28.9 Å². The molecule has 0 radical (unpaired) electrons. The van der Waals surface area contributed by atoms with Gasteiger partial charge in [0.05, 0.1) is 0 Å². The van der Waals surface area contributed by atoms with Crippen molar-refractivity contribution in [1.29, 1.82) is 0 Å². The quantitative estimate of drug-likeness (QED) is 0.696. The minimum absolute atomic E-state index is 0.134. The molecule has 0 fully saturated rings. The lowest BCUT2D eigenvalue weighted by Gasteiger charge is -2.12. The molecule has 110 valence electrons. The number of rotatable bonds is 4. The molecular formula is C16H18N2O3. The highest BCUT2D eigenvalue weighted by molar-refractivity contribution is 6.08. The SMILES string of the molecule is CNC(C)c1ccc(NC(=O)c2c(O)cccc2O)cc1. The van der Waals surface area contributed by atoms with Gasteiger partial charge >= 0.3 is 0 Å². The molecule has 0 spiro atoms. The van der Waals surface area contributed by atoms with Gasteiger partial charge in [-0.05, 0) is 43.8 Å². The van der Waals surface area contributed by atoms with Crippen molar-refractivity contribution in [3.05, 3.63) is 53.6 Å². The molecule has 0 aliphatic heterocycles. The topological polar surface area (TPSA) is 81.6 Å². The molecule has 1 unspecified atom stereocenters. The lowest BCUT2D eigenvalue weighted by atomic mass is 10.1. The average molecular weight is 286 g/mol. The Morgan fingerprint density at radius 2 is 1.62 bits per heavy atom. The van der Waals surface area contributed by atoms with Crippen LogP contribution in [0.25, 0.3) is 0 Å². The van der Waals surface area contributed by atoms with Crippen molar-refractivity contribution in [2.45, 2.75) is 13.0 Å². The van der Waals surface area contributed by atoms with Gasteiger partial charge in [0.15, 0.2) is 0 Å². The maximum Gasteiger partial charge on any atom is 0.263 e. The minimum Gasteiger partial charge on any atom is -0.507 e. The number of amides is 1. The number of aromatic hydroxyl groups is 2. The molecule has 2 aromatic rings. The smallest absolute Gasteiger partial charge is 0.263 e. The van der Waals surface area contributed by atoms with Gasteiger partial charge in [-0.1, -0.05) is 18.2 Å². The van der Waals surface area contributed by atoms with Crippen molar-refractivity contribution in [3.8, 4) is 11.5 Å². The van der Waals surface area contributed by atoms with E-state index in [1.54, 1.807) is 12.1 Å². The number of benzene rings is 2. The lowest BCUT2D eigenvalue weighted by molar-refractivity contribution is 0.102. The van der Waals surface area contributed by atoms with E-state index in [4.69, 9.17) is 0 Å². The lowest BCUT2D eigenvalue weighted by Crippen LogP contribution is -2.14. The van der Waals surface area contributed by atoms with Gasteiger partial charge in [0.2, 0.25) is 0 Å². The van der Waals surface area contributed by atoms with Crippen molar-refractivity contribution in [3.63, 3.8) is 0 Å². The molecule has 0 heterocycles. The molecule has 0 saturated heterocycles. The predicted molar refractivity (Wildman–Crippen MR) is 81.6 cm³/mol. The highest BCUT2D eigenvalue weighted by Gasteiger charge is 2.16. The predicted octanol–water partition coefficient (Wildman–Crippen LogP) is 2.63. The van der Waals surface area contributed by atoms with Crippen molar-refractivity contribution < 1.29 is 15.0 Å². The fourth-order valence-corrected chi connectivity index (χ4v) is 1.98. The Morgan fingerprint density at radius 3 is 2.14 bits per heavy atom. The van der Waals surface area contributed by atoms with Crippen LogP contribution >= 0.6 is 0 Å². The van der Waals surface area contributed by atoms with Gasteiger partial charge in [0, 0.05) is 11.7 Å². The van der Waals surface area contributed by atoms with Crippen LogP contribution in [0.2, 0.25) is 0 Å². The van der Waals surface area contributed by atoms with E-state index in [9.17, 15) is 15.0 Å². The first-order chi connectivity index (χ1) is 10.0. The van der Waals surface area contributed by atoms with Gasteiger partial charge in [0.1, 0.15) is 17.1 Å². The fourth-order valence-electron chi connectivity index (χ4n) is 1.98. The van der Waals surface area contributed by atoms with Crippen LogP contribution < -0.4 is 10.6 Å². The normalized spacial score (nSPS) is 11.9. The zero-order chi connectivity index (χ0) is 15.4. The number of carbonyl (C=O) groups is 1. The van der Waals surface area contributed by atoms with E-state index in [0.29, 0.717) is 5.69 Å². The van der Waals surface area contributed by atoms with Crippen LogP contribution in [0.4, 0.5) is 5.69 Å². The molecule has 5 heteroatoms. The fraction of sp³-hybridized carbons (Fsp3) is 0.188. The Labute approximate surface area is 123 Å². The summed E-state index contributed by atoms with van der Waals surface area (Å²) in [4.78, 5) is 12.1. The third kappa shape index (κ3) is 3.32. The van der Waals surface area contributed by atoms with Crippen molar-refractivity contribution >= 4 is 11.6 Å². The second-order valence-corrected chi connectivity index (χ2v) is 4.76. The van der Waals surface area contributed by atoms with E-state index in [-0.39, 0.29) is 23.1 Å². The van der Waals surface area contributed by atoms with Crippen molar-refractivity contribution in [1.82, 2.24) is 5.32 Å². The van der Waals surface area contributed by atoms with Crippen LogP contribution in [0.3, 0.4) is 0 Å². The Bertz CT molecular complexity index is 618. The Morgan fingerprint density at radius 1 is 1.05 bits per heavy atom. The second kappa shape index (κ2) is 6.28. The highest BCUT2D eigenvalue weighted by atomic mass is 16.3. The first kappa shape index (κ1) is 14.9. The molecule has 1 atom stereocenters. The maximum atomic E-state index is 12.1. The molecule has 0 aliphatic carbocycles. The summed E-state index contributed by atoms with van der Waals surface area (Å²) < 4.78 is 0. The van der Waals surface area contributed by atoms with Gasteiger partial charge in [-0.3, -0.25) is 4.79 Å². The van der Waals surface area contributed by atoms with Crippen molar-refractivity contribution in [2.24, 2.45) is 0 Å². The largest absolute Gasteiger partial charge is 0.507 e. The molecule has 0 aliphatic rings. The Kier molecular flexibility index (Phi) is 4.45. The van der Waals surface area contributed by atoms with Crippen LogP contribution in [0.5, 0.6) is 11.5 Å². The van der Waals surface area contributed by atoms with E-state index in [1.165, 1.54) is 18.2 Å². The molecule has 1 amide bonds. The third-order valence-electron chi connectivity index (χ3n) is 3.35. The van der Waals surface area contributed by atoms with Crippen molar-refractivity contribution in [2.75, 3.05) is 12.4 Å². The summed E-state index contributed by atoms with van der Waals surface area (Å²) in [5.41, 5.74) is 1.56. The second-order valence-electron chi connectivity index (χ2n) is 4.76. The van der Waals surface area contributed by atoms with Crippen LogP contribution in [-0.2, 0) is 0 Å². The molecule has 0 aromatic heterocycles. The van der Waals surface area contributed by atoms with Crippen LogP contribution in [0.15, 0.2) is 42.5 Å². The van der Waals surface area contributed by atoms with E-state index in [0.717, 1.165) is 5.56 Å². The zero-order valence-electron chi connectivity index (χ0n) is 11.9. The summed E-state index contributed by atoms with van der Waals surface area (Å²) in [5, 5.41) is 25.1. The molecule has 0 saturated carbocycles. The van der Waals surface area contributed by atoms with Gasteiger partial charge in [-0.2, -0.15) is 0 Å². The number of hydrogen-bond acceptors (Lipinski definition) is 4. The number of carbonyl (C=O) groups excluding carboxylic acids is 1. The Hall–Kier alpha value is -2.53. The first-order valence-electron chi connectivity index (χ1n) is 6.62. The number of anilines is 1. The number of phenolic OH excluding ortho intramolecular Hbond substituents is 2. The first-order valence-corrected chi connectivity index (χ1v) is 6.62. The summed E-state index contributed by atoms with van der Waals surface area (Å²) in [6.07, 6.45) is 0. The standard InChI is InChI=1S/C16H18N2O3/c1-10(17-2)11-6-8-12(9-7-11)18-16(21)15-13(19)4-3-5-14(15)20/h3-10,17,19-20H,1-2H3,(H,18,21). The zero-order valence-corrected chi connectivity index (χ0v) is 11.9. The summed E-state index contributed by atoms with van der Waals surface area (Å²) in [6, 6.07) is 11.8. The van der Waals surface area contributed by atoms with Gasteiger partial charge in [0.25, 0.3) is 5.91 Å². The number of nitrogens with one attached hydrogen (secondary N) is 2. The Balaban J connectivity index is 2.16. The molecule has 4 N–H and O–H groups in total. The molecule has 5 nitrogen and oxygen atoms in total. The monoisotopic (exact) mass is 286 g/mol. The summed E-state index contributed by atoms with van der Waals surface area (Å²) in [5.74, 6) is -1.07. The van der Waals surface area contributed by atoms with E-state index in [2.05, 4.69) is 10.6 Å². The van der Waals surface area contributed by atoms with Crippen LogP contribution in [-0.4, -0.2) is 23.2 Å². The minimum atomic E-state index is -0.556. The molecule has 2 rings (SSSR count). The highest BCUT2D eigenvalue weighted by Crippen LogP contribution is 2.27. The maximum absolute atomic E-state index is 12.1. The summed E-state index contributed by atoms with van der Waals surface area (Å²) >= 11 is 0. The van der Waals surface area contributed by atoms with E-state index in [1.807, 2.05) is 26.1 Å². The van der Waals surface area contributed by atoms with Crippen LogP contribution in [0, 0.1) is 0 Å². The number of hydrogen-bond donors (Lipinski definition) is 4. The molecule has 21 heavy (non-hydrogen) atoms. The van der Waals surface area contributed by atoms with Gasteiger partial charge in [-0.15, -0.1) is 0 Å². The van der Waals surface area contributed by atoms with E-state index < -0.39 is 5.91 Å². The van der Waals surface area contributed by atoms with Gasteiger partial charge in [-0.25, -0.2) is 0 Å². The molecule has 2 aromatic carbocycles.